The Labute approximate surface area is 173 Å². The van der Waals surface area contributed by atoms with Gasteiger partial charge in [-0.3, -0.25) is 14.5 Å². The van der Waals surface area contributed by atoms with Gasteiger partial charge in [-0.15, -0.1) is 0 Å². The van der Waals surface area contributed by atoms with E-state index in [0.717, 1.165) is 25.3 Å². The molecule has 0 aliphatic carbocycles. The second-order valence-corrected chi connectivity index (χ2v) is 7.19. The summed E-state index contributed by atoms with van der Waals surface area (Å²) in [5.74, 6) is -1.24. The number of hydrogen-bond donors (Lipinski definition) is 2. The SMILES string of the molecule is O=C(NC[C@H](c1ccco1)N1CCc2ccccc2C1)C(=O)Nc1ccc(F)cc1. The zero-order valence-electron chi connectivity index (χ0n) is 16.3. The maximum absolute atomic E-state index is 13.0. The molecule has 7 heteroatoms. The van der Waals surface area contributed by atoms with Gasteiger partial charge in [0.1, 0.15) is 11.6 Å². The van der Waals surface area contributed by atoms with E-state index in [1.54, 1.807) is 6.26 Å². The zero-order valence-corrected chi connectivity index (χ0v) is 16.3. The number of hydrogen-bond acceptors (Lipinski definition) is 4. The van der Waals surface area contributed by atoms with Crippen molar-refractivity contribution < 1.29 is 18.4 Å². The Bertz CT molecular complexity index is 1020. The molecule has 0 spiro atoms. The molecule has 1 aromatic heterocycles. The number of halogens is 1. The second kappa shape index (κ2) is 8.92. The fourth-order valence-corrected chi connectivity index (χ4v) is 3.66. The Balaban J connectivity index is 1.41. The molecule has 30 heavy (non-hydrogen) atoms. The molecule has 2 heterocycles. The van der Waals surface area contributed by atoms with Crippen molar-refractivity contribution in [3.63, 3.8) is 0 Å². The van der Waals surface area contributed by atoms with Crippen LogP contribution in [0.25, 0.3) is 0 Å². The molecule has 0 fully saturated rings. The highest BCUT2D eigenvalue weighted by atomic mass is 19.1. The topological polar surface area (TPSA) is 74.6 Å². The Morgan fingerprint density at radius 2 is 1.77 bits per heavy atom. The van der Waals surface area contributed by atoms with E-state index in [9.17, 15) is 14.0 Å². The highest BCUT2D eigenvalue weighted by Crippen LogP contribution is 2.27. The van der Waals surface area contributed by atoms with E-state index in [1.807, 2.05) is 24.3 Å². The van der Waals surface area contributed by atoms with E-state index in [-0.39, 0.29) is 12.6 Å². The molecule has 1 atom stereocenters. The standard InChI is InChI=1S/C23H22FN3O3/c24-18-7-9-19(10-8-18)26-23(29)22(28)25-14-20(21-6-3-13-30-21)27-12-11-16-4-1-2-5-17(16)15-27/h1-10,13,20H,11-12,14-15H2,(H,25,28)(H,26,29)/t20-/m1/s1. The van der Waals surface area contributed by atoms with Crippen LogP contribution in [-0.2, 0) is 22.6 Å². The highest BCUT2D eigenvalue weighted by Gasteiger charge is 2.27. The number of anilines is 1. The number of fused-ring (bicyclic) bond motifs is 1. The smallest absolute Gasteiger partial charge is 0.313 e. The first-order valence-corrected chi connectivity index (χ1v) is 9.79. The number of nitrogens with one attached hydrogen (secondary N) is 2. The largest absolute Gasteiger partial charge is 0.468 e. The van der Waals surface area contributed by atoms with E-state index >= 15 is 0 Å². The second-order valence-electron chi connectivity index (χ2n) is 7.19. The number of nitrogens with zero attached hydrogens (tertiary/aromatic N) is 1. The Kier molecular flexibility index (Phi) is 5.90. The number of benzene rings is 2. The van der Waals surface area contributed by atoms with Crippen LogP contribution in [0.3, 0.4) is 0 Å². The molecule has 2 aromatic carbocycles. The minimum absolute atomic E-state index is 0.198. The minimum Gasteiger partial charge on any atom is -0.468 e. The molecular formula is C23H22FN3O3. The molecule has 0 bridgehead atoms. The first-order valence-electron chi connectivity index (χ1n) is 9.79. The predicted octanol–water partition coefficient (Wildman–Crippen LogP) is 3.27. The van der Waals surface area contributed by atoms with Crippen LogP contribution in [0.4, 0.5) is 10.1 Å². The van der Waals surface area contributed by atoms with Gasteiger partial charge in [-0.25, -0.2) is 4.39 Å². The van der Waals surface area contributed by atoms with E-state index < -0.39 is 17.6 Å². The predicted molar refractivity (Wildman–Crippen MR) is 110 cm³/mol. The maximum Gasteiger partial charge on any atom is 0.313 e. The molecule has 0 radical (unpaired) electrons. The average molecular weight is 407 g/mol. The van der Waals surface area contributed by atoms with Crippen LogP contribution in [-0.4, -0.2) is 29.8 Å². The number of rotatable bonds is 5. The van der Waals surface area contributed by atoms with Gasteiger partial charge in [0.2, 0.25) is 0 Å². The molecule has 2 amide bonds. The van der Waals surface area contributed by atoms with Crippen molar-refractivity contribution in [2.24, 2.45) is 0 Å². The third-order valence-corrected chi connectivity index (χ3v) is 5.24. The first-order chi connectivity index (χ1) is 14.6. The van der Waals surface area contributed by atoms with Crippen LogP contribution in [0.5, 0.6) is 0 Å². The summed E-state index contributed by atoms with van der Waals surface area (Å²) in [7, 11) is 0. The molecule has 6 nitrogen and oxygen atoms in total. The summed E-state index contributed by atoms with van der Waals surface area (Å²) in [4.78, 5) is 26.7. The van der Waals surface area contributed by atoms with Crippen LogP contribution in [0.2, 0.25) is 0 Å². The van der Waals surface area contributed by atoms with Gasteiger partial charge in [0.05, 0.1) is 12.3 Å². The van der Waals surface area contributed by atoms with Gasteiger partial charge in [0.25, 0.3) is 0 Å². The molecule has 1 aliphatic heterocycles. The lowest BCUT2D eigenvalue weighted by molar-refractivity contribution is -0.136. The average Bonchev–Trinajstić information content (AvgIpc) is 3.30. The quantitative estimate of drug-likeness (QED) is 0.637. The van der Waals surface area contributed by atoms with Crippen molar-refractivity contribution >= 4 is 17.5 Å². The van der Waals surface area contributed by atoms with E-state index in [0.29, 0.717) is 5.69 Å². The van der Waals surface area contributed by atoms with Gasteiger partial charge >= 0.3 is 11.8 Å². The summed E-state index contributed by atoms with van der Waals surface area (Å²) < 4.78 is 18.6. The third kappa shape index (κ3) is 4.58. The van der Waals surface area contributed by atoms with Crippen LogP contribution in [0.15, 0.2) is 71.3 Å². The van der Waals surface area contributed by atoms with Crippen molar-refractivity contribution in [2.45, 2.75) is 19.0 Å². The fourth-order valence-electron chi connectivity index (χ4n) is 3.66. The first kappa shape index (κ1) is 19.8. The van der Waals surface area contributed by atoms with Crippen molar-refractivity contribution in [3.8, 4) is 0 Å². The summed E-state index contributed by atoms with van der Waals surface area (Å²) in [5.41, 5.74) is 2.93. The van der Waals surface area contributed by atoms with Crippen LogP contribution in [0.1, 0.15) is 22.9 Å². The zero-order chi connectivity index (χ0) is 20.9. The molecule has 154 valence electrons. The number of amides is 2. The van der Waals surface area contributed by atoms with E-state index in [1.165, 1.54) is 35.4 Å². The van der Waals surface area contributed by atoms with Crippen molar-refractivity contribution in [1.82, 2.24) is 10.2 Å². The molecule has 0 saturated carbocycles. The molecule has 1 aliphatic rings. The molecule has 4 rings (SSSR count). The molecular weight excluding hydrogens is 385 g/mol. The normalized spacial score (nSPS) is 14.6. The van der Waals surface area contributed by atoms with E-state index in [2.05, 4.69) is 27.7 Å². The summed E-state index contributed by atoms with van der Waals surface area (Å²) in [6.07, 6.45) is 2.51. The van der Waals surface area contributed by atoms with Gasteiger partial charge in [-0.2, -0.15) is 0 Å². The lowest BCUT2D eigenvalue weighted by Crippen LogP contribution is -2.43. The van der Waals surface area contributed by atoms with Gasteiger partial charge in [-0.05, 0) is 53.9 Å². The van der Waals surface area contributed by atoms with Crippen LogP contribution >= 0.6 is 0 Å². The Morgan fingerprint density at radius 3 is 2.50 bits per heavy atom. The van der Waals surface area contributed by atoms with Crippen LogP contribution in [0, 0.1) is 5.82 Å². The monoisotopic (exact) mass is 407 g/mol. The van der Waals surface area contributed by atoms with Gasteiger partial charge in [0.15, 0.2) is 0 Å². The van der Waals surface area contributed by atoms with Crippen molar-refractivity contribution in [3.05, 3.63) is 89.6 Å². The fraction of sp³-hybridized carbons (Fsp3) is 0.217. The number of carbonyl (C=O) groups is 2. The summed E-state index contributed by atoms with van der Waals surface area (Å²) in [6, 6.07) is 17.0. The number of furan rings is 1. The summed E-state index contributed by atoms with van der Waals surface area (Å²) >= 11 is 0. The Morgan fingerprint density at radius 1 is 1.00 bits per heavy atom. The van der Waals surface area contributed by atoms with Gasteiger partial charge < -0.3 is 15.1 Å². The highest BCUT2D eigenvalue weighted by molar-refractivity contribution is 6.39. The minimum atomic E-state index is -0.802. The molecule has 2 N–H and O–H groups in total. The molecule has 0 unspecified atom stereocenters. The van der Waals surface area contributed by atoms with E-state index in [4.69, 9.17) is 4.42 Å². The summed E-state index contributed by atoms with van der Waals surface area (Å²) in [5, 5.41) is 5.16. The molecule has 0 saturated heterocycles. The number of carbonyl (C=O) groups excluding carboxylic acids is 2. The summed E-state index contributed by atoms with van der Waals surface area (Å²) in [6.45, 7) is 1.78. The lowest BCUT2D eigenvalue weighted by Gasteiger charge is -2.34. The van der Waals surface area contributed by atoms with Crippen molar-refractivity contribution in [2.75, 3.05) is 18.4 Å². The lowest BCUT2D eigenvalue weighted by atomic mass is 9.98. The Hall–Kier alpha value is -3.45. The maximum atomic E-state index is 13.0. The molecule has 3 aromatic rings. The van der Waals surface area contributed by atoms with Crippen molar-refractivity contribution in [1.29, 1.82) is 0 Å². The van der Waals surface area contributed by atoms with Gasteiger partial charge in [0, 0.05) is 25.3 Å². The van der Waals surface area contributed by atoms with Crippen LogP contribution < -0.4 is 10.6 Å². The van der Waals surface area contributed by atoms with Gasteiger partial charge in [-0.1, -0.05) is 24.3 Å². The third-order valence-electron chi connectivity index (χ3n) is 5.24.